The highest BCUT2D eigenvalue weighted by Crippen LogP contribution is 2.25. The van der Waals surface area contributed by atoms with Crippen molar-refractivity contribution in [3.63, 3.8) is 0 Å². The lowest BCUT2D eigenvalue weighted by molar-refractivity contribution is -0.153. The van der Waals surface area contributed by atoms with E-state index in [0.717, 1.165) is 54.7 Å². The van der Waals surface area contributed by atoms with Crippen LogP contribution in [0, 0.1) is 6.57 Å². The number of hydrogen-bond acceptors (Lipinski definition) is 5. The van der Waals surface area contributed by atoms with Gasteiger partial charge in [-0.15, -0.1) is 0 Å². The molecule has 2 aromatic carbocycles. The number of carbonyl (C=O) groups excluding carboxylic acids is 2. The summed E-state index contributed by atoms with van der Waals surface area (Å²) in [5, 5.41) is 0. The van der Waals surface area contributed by atoms with Gasteiger partial charge < -0.3 is 14.2 Å². The van der Waals surface area contributed by atoms with E-state index in [4.69, 9.17) is 20.8 Å². The minimum atomic E-state index is -0.544. The molecule has 0 aliphatic rings. The largest absolute Gasteiger partial charge is 0.494 e. The first kappa shape index (κ1) is 25.4. The summed E-state index contributed by atoms with van der Waals surface area (Å²) in [4.78, 5) is 26.1. The van der Waals surface area contributed by atoms with Crippen molar-refractivity contribution < 1.29 is 23.8 Å². The van der Waals surface area contributed by atoms with E-state index in [-0.39, 0.29) is 6.61 Å². The topological polar surface area (TPSA) is 66.2 Å². The molecule has 0 fully saturated rings. The summed E-state index contributed by atoms with van der Waals surface area (Å²) in [5.74, 6) is -0.260. The molecular formula is C27H29NO5. The van der Waals surface area contributed by atoms with Gasteiger partial charge in [-0.3, -0.25) is 0 Å². The van der Waals surface area contributed by atoms with Gasteiger partial charge in [0.1, 0.15) is 18.5 Å². The first-order valence-electron chi connectivity index (χ1n) is 10.9. The molecule has 0 radical (unpaired) electrons. The highest BCUT2D eigenvalue weighted by molar-refractivity contribution is 5.82. The smallest absolute Gasteiger partial charge is 0.330 e. The third kappa shape index (κ3) is 9.44. The van der Waals surface area contributed by atoms with Gasteiger partial charge in [0, 0.05) is 12.2 Å². The Kier molecular flexibility index (Phi) is 11.0. The zero-order valence-electron chi connectivity index (χ0n) is 18.7. The van der Waals surface area contributed by atoms with Crippen LogP contribution < -0.4 is 4.74 Å². The van der Waals surface area contributed by atoms with Crippen LogP contribution in [0.2, 0.25) is 0 Å². The monoisotopic (exact) mass is 447 g/mol. The standard InChI is InChI=1S/C27H29NO5/c1-4-26(29)32-20-25(33-27(30)5-2)10-8-6-7-9-19-31-24-17-13-22(14-18-24)21-11-15-23(28-3)16-12-21/h4-5,11-18,25H,1-2,6-10,19-20H2. The molecule has 1 atom stereocenters. The molecular weight excluding hydrogens is 418 g/mol. The Balaban J connectivity index is 1.66. The maximum absolute atomic E-state index is 11.4. The number of unbranched alkanes of at least 4 members (excludes halogenated alkanes) is 3. The predicted octanol–water partition coefficient (Wildman–Crippen LogP) is 6.06. The molecule has 0 N–H and O–H groups in total. The fourth-order valence-corrected chi connectivity index (χ4v) is 3.11. The third-order valence-corrected chi connectivity index (χ3v) is 4.90. The maximum atomic E-state index is 11.4. The number of esters is 2. The van der Waals surface area contributed by atoms with Crippen LogP contribution in [0.1, 0.15) is 32.1 Å². The molecule has 2 rings (SSSR count). The zero-order chi connectivity index (χ0) is 23.9. The molecule has 1 unspecified atom stereocenters. The summed E-state index contributed by atoms with van der Waals surface area (Å²) in [7, 11) is 0. The van der Waals surface area contributed by atoms with E-state index in [1.807, 2.05) is 48.5 Å². The summed E-state index contributed by atoms with van der Waals surface area (Å²) in [6.07, 6.45) is 5.94. The van der Waals surface area contributed by atoms with Crippen molar-refractivity contribution in [1.29, 1.82) is 0 Å². The van der Waals surface area contributed by atoms with Gasteiger partial charge in [-0.25, -0.2) is 14.4 Å². The third-order valence-electron chi connectivity index (χ3n) is 4.90. The maximum Gasteiger partial charge on any atom is 0.330 e. The van der Waals surface area contributed by atoms with Crippen LogP contribution in [0.5, 0.6) is 5.75 Å². The number of rotatable bonds is 14. The Hall–Kier alpha value is -3.85. The van der Waals surface area contributed by atoms with Crippen LogP contribution in [-0.2, 0) is 19.1 Å². The zero-order valence-corrected chi connectivity index (χ0v) is 18.7. The van der Waals surface area contributed by atoms with Crippen molar-refractivity contribution in [3.05, 3.63) is 85.3 Å². The predicted molar refractivity (Wildman–Crippen MR) is 128 cm³/mol. The molecule has 0 aliphatic heterocycles. The lowest BCUT2D eigenvalue weighted by Gasteiger charge is -2.16. The van der Waals surface area contributed by atoms with E-state index in [0.29, 0.717) is 18.7 Å². The second-order valence-corrected chi connectivity index (χ2v) is 7.33. The summed E-state index contributed by atoms with van der Waals surface area (Å²) in [5.41, 5.74) is 2.76. The average molecular weight is 448 g/mol. The number of benzene rings is 2. The van der Waals surface area contributed by atoms with Gasteiger partial charge in [0.25, 0.3) is 0 Å². The molecule has 0 heterocycles. The molecule has 0 spiro atoms. The molecule has 6 heteroatoms. The highest BCUT2D eigenvalue weighted by Gasteiger charge is 2.14. The van der Waals surface area contributed by atoms with Gasteiger partial charge >= 0.3 is 11.9 Å². The molecule has 2 aromatic rings. The molecule has 0 saturated heterocycles. The van der Waals surface area contributed by atoms with E-state index in [1.165, 1.54) is 0 Å². The molecule has 0 aliphatic carbocycles. The molecule has 172 valence electrons. The number of nitrogens with zero attached hydrogens (tertiary/aromatic N) is 1. The minimum absolute atomic E-state index is 0.00719. The SMILES string of the molecule is [C-]#[N+]c1ccc(-c2ccc(OCCCCCCC(COC(=O)C=C)OC(=O)C=C)cc2)cc1. The minimum Gasteiger partial charge on any atom is -0.494 e. The Bertz CT molecular complexity index is 958. The fraction of sp³-hybridized carbons (Fsp3) is 0.296. The molecule has 33 heavy (non-hydrogen) atoms. The summed E-state index contributed by atoms with van der Waals surface area (Å²) in [6, 6.07) is 15.4. The van der Waals surface area contributed by atoms with Crippen LogP contribution >= 0.6 is 0 Å². The lowest BCUT2D eigenvalue weighted by Crippen LogP contribution is -2.24. The summed E-state index contributed by atoms with van der Waals surface area (Å²) < 4.78 is 16.0. The second kappa shape index (κ2) is 14.3. The Morgan fingerprint density at radius 1 is 0.879 bits per heavy atom. The molecule has 0 bridgehead atoms. The van der Waals surface area contributed by atoms with Gasteiger partial charge in [0.15, 0.2) is 5.69 Å². The van der Waals surface area contributed by atoms with Gasteiger partial charge in [0.05, 0.1) is 13.2 Å². The van der Waals surface area contributed by atoms with Crippen LogP contribution in [0.25, 0.3) is 16.0 Å². The lowest BCUT2D eigenvalue weighted by atomic mass is 10.1. The van der Waals surface area contributed by atoms with Crippen molar-refractivity contribution in [2.24, 2.45) is 0 Å². The van der Waals surface area contributed by atoms with Crippen LogP contribution in [0.15, 0.2) is 73.8 Å². The van der Waals surface area contributed by atoms with E-state index in [1.54, 1.807) is 0 Å². The summed E-state index contributed by atoms with van der Waals surface area (Å²) >= 11 is 0. The van der Waals surface area contributed by atoms with E-state index >= 15 is 0 Å². The van der Waals surface area contributed by atoms with Gasteiger partial charge in [-0.05, 0) is 42.5 Å². The fourth-order valence-electron chi connectivity index (χ4n) is 3.11. The first-order valence-corrected chi connectivity index (χ1v) is 10.9. The van der Waals surface area contributed by atoms with Crippen molar-refractivity contribution in [1.82, 2.24) is 0 Å². The molecule has 0 aromatic heterocycles. The van der Waals surface area contributed by atoms with Crippen molar-refractivity contribution in [2.45, 2.75) is 38.2 Å². The van der Waals surface area contributed by atoms with Crippen molar-refractivity contribution in [2.75, 3.05) is 13.2 Å². The van der Waals surface area contributed by atoms with Crippen LogP contribution in [-0.4, -0.2) is 31.3 Å². The van der Waals surface area contributed by atoms with Crippen molar-refractivity contribution >= 4 is 17.6 Å². The van der Waals surface area contributed by atoms with E-state index in [2.05, 4.69) is 18.0 Å². The normalized spacial score (nSPS) is 11.0. The van der Waals surface area contributed by atoms with Crippen LogP contribution in [0.4, 0.5) is 5.69 Å². The van der Waals surface area contributed by atoms with E-state index in [9.17, 15) is 9.59 Å². The summed E-state index contributed by atoms with van der Waals surface area (Å²) in [6.45, 7) is 14.4. The number of hydrogen-bond donors (Lipinski definition) is 0. The Labute approximate surface area is 195 Å². The molecule has 0 amide bonds. The number of carbonyl (C=O) groups is 2. The van der Waals surface area contributed by atoms with E-state index < -0.39 is 18.0 Å². The Morgan fingerprint density at radius 2 is 1.48 bits per heavy atom. The average Bonchev–Trinajstić information content (AvgIpc) is 2.86. The molecule has 0 saturated carbocycles. The van der Waals surface area contributed by atoms with Gasteiger partial charge in [0.2, 0.25) is 0 Å². The van der Waals surface area contributed by atoms with Gasteiger partial charge in [-0.1, -0.05) is 62.4 Å². The van der Waals surface area contributed by atoms with Gasteiger partial charge in [-0.2, -0.15) is 0 Å². The Morgan fingerprint density at radius 3 is 2.09 bits per heavy atom. The highest BCUT2D eigenvalue weighted by atomic mass is 16.6. The van der Waals surface area contributed by atoms with Crippen LogP contribution in [0.3, 0.4) is 0 Å². The quantitative estimate of drug-likeness (QED) is 0.152. The second-order valence-electron chi connectivity index (χ2n) is 7.33. The van der Waals surface area contributed by atoms with Crippen molar-refractivity contribution in [3.8, 4) is 16.9 Å². The molecule has 6 nitrogen and oxygen atoms in total. The number of ether oxygens (including phenoxy) is 3. The first-order chi connectivity index (χ1) is 16.0.